The predicted octanol–water partition coefficient (Wildman–Crippen LogP) is 6.13. The summed E-state index contributed by atoms with van der Waals surface area (Å²) in [6.45, 7) is 6.78. The molecular weight excluding hydrogens is 430 g/mol. The Morgan fingerprint density at radius 1 is 1.16 bits per heavy atom. The minimum Gasteiger partial charge on any atom is -0.494 e. The number of benzene rings is 1. The quantitative estimate of drug-likeness (QED) is 0.216. The molecule has 7 heteroatoms. The lowest BCUT2D eigenvalue weighted by molar-refractivity contribution is -0.145. The molecule has 5 nitrogen and oxygen atoms in total. The number of rotatable bonds is 13. The zero-order chi connectivity index (χ0) is 22.8. The number of ether oxygens (including phenoxy) is 1. The minimum absolute atomic E-state index is 0.138. The van der Waals surface area contributed by atoms with E-state index >= 15 is 0 Å². The van der Waals surface area contributed by atoms with Crippen LogP contribution in [-0.2, 0) is 9.59 Å². The number of amides is 1. The van der Waals surface area contributed by atoms with Crippen molar-refractivity contribution in [1.29, 1.82) is 0 Å². The van der Waals surface area contributed by atoms with E-state index in [2.05, 4.69) is 6.92 Å². The fourth-order valence-corrected chi connectivity index (χ4v) is 4.75. The molecule has 1 saturated heterocycles. The standard InChI is InChI=1S/C24H33NO4S2/c1-4-5-6-7-8-9-14-29-19-12-10-18(11-13-19)16-21-22(26)25(24(30)31-21)20(23(27)28)15-17(2)3/h10-13,16-17,20H,4-9,14-15H2,1-3H3,(H,27,28)/b21-16+/t20-/m0/s1. The molecule has 1 fully saturated rings. The van der Waals surface area contributed by atoms with Crippen LogP contribution in [0.5, 0.6) is 5.75 Å². The van der Waals surface area contributed by atoms with Crippen LogP contribution in [0.15, 0.2) is 29.2 Å². The maximum absolute atomic E-state index is 12.8. The van der Waals surface area contributed by atoms with Crippen molar-refractivity contribution in [2.75, 3.05) is 6.61 Å². The average molecular weight is 464 g/mol. The fraction of sp³-hybridized carbons (Fsp3) is 0.542. The molecule has 1 heterocycles. The number of unbranched alkanes of at least 4 members (excludes halogenated alkanes) is 5. The zero-order valence-electron chi connectivity index (χ0n) is 18.6. The number of thiocarbonyl (C=S) groups is 1. The van der Waals surface area contributed by atoms with E-state index < -0.39 is 12.0 Å². The van der Waals surface area contributed by atoms with Crippen molar-refractivity contribution in [1.82, 2.24) is 4.90 Å². The molecule has 0 unspecified atom stereocenters. The first-order valence-corrected chi connectivity index (χ1v) is 12.3. The van der Waals surface area contributed by atoms with E-state index in [0.29, 0.717) is 22.3 Å². The molecule has 1 aliphatic rings. The van der Waals surface area contributed by atoms with Crippen LogP contribution in [-0.4, -0.2) is 38.9 Å². The number of nitrogens with zero attached hydrogens (tertiary/aromatic N) is 1. The lowest BCUT2D eigenvalue weighted by Gasteiger charge is -2.24. The smallest absolute Gasteiger partial charge is 0.326 e. The number of hydrogen-bond donors (Lipinski definition) is 1. The van der Waals surface area contributed by atoms with Gasteiger partial charge in [-0.15, -0.1) is 0 Å². The normalized spacial score (nSPS) is 16.4. The first kappa shape index (κ1) is 25.4. The van der Waals surface area contributed by atoms with E-state index in [1.54, 1.807) is 6.08 Å². The summed E-state index contributed by atoms with van der Waals surface area (Å²) in [5.74, 6) is -0.427. The van der Waals surface area contributed by atoms with Crippen LogP contribution in [0.1, 0.15) is 71.3 Å². The number of carboxylic acid groups (broad SMARTS) is 1. The molecule has 0 aliphatic carbocycles. The second-order valence-corrected chi connectivity index (χ2v) is 9.90. The topological polar surface area (TPSA) is 66.8 Å². The highest BCUT2D eigenvalue weighted by Crippen LogP contribution is 2.35. The summed E-state index contributed by atoms with van der Waals surface area (Å²) in [7, 11) is 0. The van der Waals surface area contributed by atoms with E-state index in [9.17, 15) is 14.7 Å². The molecule has 170 valence electrons. The number of carbonyl (C=O) groups excluding carboxylic acids is 1. The van der Waals surface area contributed by atoms with Gasteiger partial charge < -0.3 is 9.84 Å². The van der Waals surface area contributed by atoms with Gasteiger partial charge >= 0.3 is 5.97 Å². The number of hydrogen-bond acceptors (Lipinski definition) is 5. The van der Waals surface area contributed by atoms with Crippen LogP contribution in [0.4, 0.5) is 0 Å². The minimum atomic E-state index is -1.03. The third-order valence-electron chi connectivity index (χ3n) is 5.06. The van der Waals surface area contributed by atoms with Gasteiger partial charge in [-0.2, -0.15) is 0 Å². The first-order chi connectivity index (χ1) is 14.8. The summed E-state index contributed by atoms with van der Waals surface area (Å²) < 4.78 is 6.10. The molecule has 0 radical (unpaired) electrons. The van der Waals surface area contributed by atoms with Gasteiger partial charge in [-0.3, -0.25) is 9.69 Å². The first-order valence-electron chi connectivity index (χ1n) is 11.1. The van der Waals surface area contributed by atoms with Gasteiger partial charge in [0, 0.05) is 0 Å². The van der Waals surface area contributed by atoms with Crippen LogP contribution in [0, 0.1) is 5.92 Å². The SMILES string of the molecule is CCCCCCCCOc1ccc(/C=C2/SC(=S)N([C@@H](CC(C)C)C(=O)O)C2=O)cc1. The number of carbonyl (C=O) groups is 2. The number of thioether (sulfide) groups is 1. The molecule has 0 saturated carbocycles. The van der Waals surface area contributed by atoms with Gasteiger partial charge in [-0.05, 0) is 42.5 Å². The van der Waals surface area contributed by atoms with Gasteiger partial charge in [0.1, 0.15) is 16.1 Å². The van der Waals surface area contributed by atoms with Crippen molar-refractivity contribution >= 4 is 46.3 Å². The molecule has 31 heavy (non-hydrogen) atoms. The monoisotopic (exact) mass is 463 g/mol. The fourth-order valence-electron chi connectivity index (χ4n) is 3.40. The molecule has 1 amide bonds. The average Bonchev–Trinajstić information content (AvgIpc) is 2.99. The molecule has 0 bridgehead atoms. The second kappa shape index (κ2) is 12.9. The summed E-state index contributed by atoms with van der Waals surface area (Å²) in [5, 5.41) is 9.57. The Bertz CT molecular complexity index is 789. The van der Waals surface area contributed by atoms with E-state index in [1.165, 1.54) is 37.0 Å². The Morgan fingerprint density at radius 2 is 1.81 bits per heavy atom. The predicted molar refractivity (Wildman–Crippen MR) is 131 cm³/mol. The Hall–Kier alpha value is -1.86. The molecule has 0 spiro atoms. The maximum Gasteiger partial charge on any atom is 0.326 e. The van der Waals surface area contributed by atoms with E-state index in [1.807, 2.05) is 38.1 Å². The van der Waals surface area contributed by atoms with E-state index in [-0.39, 0.29) is 11.8 Å². The molecule has 1 aromatic carbocycles. The summed E-state index contributed by atoms with van der Waals surface area (Å²) in [6, 6.07) is 6.64. The molecule has 1 N–H and O–H groups in total. The van der Waals surface area contributed by atoms with Crippen LogP contribution in [0.3, 0.4) is 0 Å². The van der Waals surface area contributed by atoms with E-state index in [0.717, 1.165) is 29.5 Å². The van der Waals surface area contributed by atoms with Crippen LogP contribution in [0.2, 0.25) is 0 Å². The van der Waals surface area contributed by atoms with Gasteiger partial charge in [0.25, 0.3) is 5.91 Å². The van der Waals surface area contributed by atoms with Crippen LogP contribution < -0.4 is 4.74 Å². The van der Waals surface area contributed by atoms with Gasteiger partial charge in [-0.1, -0.05) is 89.0 Å². The maximum atomic E-state index is 12.8. The van der Waals surface area contributed by atoms with Gasteiger partial charge in [0.15, 0.2) is 0 Å². The summed E-state index contributed by atoms with van der Waals surface area (Å²) >= 11 is 6.47. The molecular formula is C24H33NO4S2. The summed E-state index contributed by atoms with van der Waals surface area (Å²) in [4.78, 5) is 26.2. The van der Waals surface area contributed by atoms with Crippen molar-refractivity contribution < 1.29 is 19.4 Å². The molecule has 1 aromatic rings. The molecule has 1 atom stereocenters. The van der Waals surface area contributed by atoms with Crippen LogP contribution in [0.25, 0.3) is 6.08 Å². The lowest BCUT2D eigenvalue weighted by Crippen LogP contribution is -2.44. The largest absolute Gasteiger partial charge is 0.494 e. The van der Waals surface area contributed by atoms with Gasteiger partial charge in [0.05, 0.1) is 11.5 Å². The molecule has 2 rings (SSSR count). The van der Waals surface area contributed by atoms with Crippen molar-refractivity contribution in [2.45, 2.75) is 71.8 Å². The highest BCUT2D eigenvalue weighted by atomic mass is 32.2. The van der Waals surface area contributed by atoms with Gasteiger partial charge in [-0.25, -0.2) is 4.79 Å². The Balaban J connectivity index is 1.94. The Kier molecular flexibility index (Phi) is 10.5. The van der Waals surface area contributed by atoms with Crippen molar-refractivity contribution in [3.63, 3.8) is 0 Å². The third kappa shape index (κ3) is 7.96. The van der Waals surface area contributed by atoms with Crippen LogP contribution >= 0.6 is 24.0 Å². The second-order valence-electron chi connectivity index (χ2n) is 8.22. The Labute approximate surface area is 195 Å². The van der Waals surface area contributed by atoms with E-state index in [4.69, 9.17) is 17.0 Å². The highest BCUT2D eigenvalue weighted by molar-refractivity contribution is 8.26. The Morgan fingerprint density at radius 3 is 2.42 bits per heavy atom. The lowest BCUT2D eigenvalue weighted by atomic mass is 10.0. The summed E-state index contributed by atoms with van der Waals surface area (Å²) in [5.41, 5.74) is 0.850. The van der Waals surface area contributed by atoms with Crippen molar-refractivity contribution in [3.8, 4) is 5.75 Å². The van der Waals surface area contributed by atoms with Crippen molar-refractivity contribution in [3.05, 3.63) is 34.7 Å². The molecule has 0 aromatic heterocycles. The highest BCUT2D eigenvalue weighted by Gasteiger charge is 2.40. The molecule has 1 aliphatic heterocycles. The summed E-state index contributed by atoms with van der Waals surface area (Å²) in [6.07, 6.45) is 9.46. The number of aliphatic carboxylic acids is 1. The van der Waals surface area contributed by atoms with Gasteiger partial charge in [0.2, 0.25) is 0 Å². The van der Waals surface area contributed by atoms with Crippen molar-refractivity contribution in [2.24, 2.45) is 5.92 Å². The zero-order valence-corrected chi connectivity index (χ0v) is 20.3. The number of carboxylic acids is 1. The third-order valence-corrected chi connectivity index (χ3v) is 6.39.